The van der Waals surface area contributed by atoms with Crippen molar-refractivity contribution >= 4 is 23.4 Å². The van der Waals surface area contributed by atoms with Gasteiger partial charge in [0.25, 0.3) is 0 Å². The molecule has 0 saturated heterocycles. The van der Waals surface area contributed by atoms with Crippen LogP contribution in [0.4, 0.5) is 0 Å². The fourth-order valence-electron chi connectivity index (χ4n) is 2.97. The van der Waals surface area contributed by atoms with Crippen LogP contribution in [0.1, 0.15) is 117 Å². The monoisotopic (exact) mass is 450 g/mol. The third kappa shape index (κ3) is 37.1. The second-order valence-corrected chi connectivity index (χ2v) is 7.70. The van der Waals surface area contributed by atoms with Gasteiger partial charge in [-0.05, 0) is 13.3 Å². The molecule has 0 fully saturated rings. The Bertz CT molecular complexity index is 367. The predicted octanol–water partition coefficient (Wildman–Crippen LogP) is -0.344. The topological polar surface area (TPSA) is 97.3 Å². The summed E-state index contributed by atoms with van der Waals surface area (Å²) in [7, 11) is 0. The minimum atomic E-state index is -3.11. The van der Waals surface area contributed by atoms with E-state index in [4.69, 9.17) is 13.3 Å². The number of hydrogen-bond donors (Lipinski definition) is 0. The van der Waals surface area contributed by atoms with Gasteiger partial charge in [0, 0.05) is 6.42 Å². The van der Waals surface area contributed by atoms with Gasteiger partial charge in [-0.15, -0.1) is 11.4 Å². The van der Waals surface area contributed by atoms with Crippen LogP contribution in [0, 0.1) is 5.92 Å². The van der Waals surface area contributed by atoms with E-state index in [-0.39, 0.29) is 64.9 Å². The molecule has 0 heterocycles. The number of ketones is 1. The molecular formula is C21H40Na2O5S. The van der Waals surface area contributed by atoms with Crippen LogP contribution >= 0.6 is 0 Å². The maximum absolute atomic E-state index is 11.5. The number of rotatable bonds is 18. The molecule has 29 heavy (non-hydrogen) atoms. The van der Waals surface area contributed by atoms with E-state index < -0.39 is 17.3 Å². The van der Waals surface area contributed by atoms with Crippen molar-refractivity contribution in [3.05, 3.63) is 0 Å². The van der Waals surface area contributed by atoms with Crippen molar-refractivity contribution in [2.24, 2.45) is 5.92 Å². The summed E-state index contributed by atoms with van der Waals surface area (Å²) in [5.74, 6) is -0.295. The molecule has 5 nitrogen and oxygen atoms in total. The van der Waals surface area contributed by atoms with Crippen LogP contribution in [0.3, 0.4) is 0 Å². The summed E-state index contributed by atoms with van der Waals surface area (Å²) < 4.78 is 25.3. The van der Waals surface area contributed by atoms with Crippen molar-refractivity contribution in [1.82, 2.24) is 0 Å². The molecular weight excluding hydrogens is 410 g/mol. The summed E-state index contributed by atoms with van der Waals surface area (Å²) in [6, 6.07) is 0. The number of carbonyl (C=O) groups is 2. The molecule has 0 bridgehead atoms. The van der Waals surface area contributed by atoms with E-state index in [0.29, 0.717) is 6.42 Å². The average Bonchev–Trinajstić information content (AvgIpc) is 2.63. The summed E-state index contributed by atoms with van der Waals surface area (Å²) in [5.41, 5.74) is 0. The second kappa shape index (κ2) is 31.6. The van der Waals surface area contributed by atoms with Crippen LogP contribution in [0.25, 0.3) is 0 Å². The molecule has 1 unspecified atom stereocenters. The molecule has 1 atom stereocenters. The Balaban J connectivity index is -0.000000473. The van der Waals surface area contributed by atoms with Crippen LogP contribution in [0.15, 0.2) is 0 Å². The maximum atomic E-state index is 11.5. The first-order chi connectivity index (χ1) is 13.0. The van der Waals surface area contributed by atoms with Crippen molar-refractivity contribution in [3.8, 4) is 0 Å². The molecule has 162 valence electrons. The van der Waals surface area contributed by atoms with Gasteiger partial charge >= 0.3 is 59.1 Å². The number of aldehydes is 1. The zero-order chi connectivity index (χ0) is 20.8. The average molecular weight is 451 g/mol. The Morgan fingerprint density at radius 3 is 1.31 bits per heavy atom. The summed E-state index contributed by atoms with van der Waals surface area (Å²) >= 11 is -3.11. The molecule has 0 aromatic carbocycles. The maximum Gasteiger partial charge on any atom is 1.00 e. The van der Waals surface area contributed by atoms with Crippen molar-refractivity contribution < 1.29 is 82.0 Å². The summed E-state index contributed by atoms with van der Waals surface area (Å²) in [4.78, 5) is 22.0. The molecule has 8 heteroatoms. The quantitative estimate of drug-likeness (QED) is 0.0935. The van der Waals surface area contributed by atoms with E-state index >= 15 is 0 Å². The zero-order valence-corrected chi connectivity index (χ0v) is 24.2. The van der Waals surface area contributed by atoms with Gasteiger partial charge in [0.05, 0.1) is 5.92 Å². The number of unbranched alkanes of at least 4 members (excludes halogenated alkanes) is 14. The molecule has 0 saturated carbocycles. The van der Waals surface area contributed by atoms with Crippen LogP contribution < -0.4 is 59.1 Å². The van der Waals surface area contributed by atoms with E-state index in [1.165, 1.54) is 83.5 Å². The standard InChI is InChI=1S/C21H40O2.2Na.H2O3S/c1-3-4-5-6-7-8-9-10-11-12-13-14-15-16-17-18-21(23)20(2)19-22;;;1-4(2)3/h19-20H,3-18H2,1-2H3;;;(H2,1,2,3)/q;2*+1;/p-2. The van der Waals surface area contributed by atoms with Crippen LogP contribution in [-0.2, 0) is 21.0 Å². The number of Topliss-reactive ketones (excluding diaryl/α,β-unsaturated/α-hetero) is 1. The van der Waals surface area contributed by atoms with Crippen LogP contribution in [0.5, 0.6) is 0 Å². The minimum absolute atomic E-state index is 0. The van der Waals surface area contributed by atoms with E-state index in [1.807, 2.05) is 0 Å². The molecule has 0 spiro atoms. The fraction of sp³-hybridized carbons (Fsp3) is 0.905. The molecule has 0 aromatic heterocycles. The molecule has 0 radical (unpaired) electrons. The molecule has 0 aliphatic heterocycles. The van der Waals surface area contributed by atoms with Gasteiger partial charge in [-0.3, -0.25) is 9.00 Å². The van der Waals surface area contributed by atoms with Crippen LogP contribution in [-0.4, -0.2) is 25.4 Å². The van der Waals surface area contributed by atoms with E-state index in [9.17, 15) is 9.59 Å². The SMILES string of the molecule is CCCCCCCCCCCCCCCCCC(=O)C(C)C=O.O=S([O-])[O-].[Na+].[Na+]. The van der Waals surface area contributed by atoms with Gasteiger partial charge in [0.1, 0.15) is 12.1 Å². The van der Waals surface area contributed by atoms with Crippen molar-refractivity contribution in [3.63, 3.8) is 0 Å². The molecule has 0 aliphatic rings. The fourth-order valence-corrected chi connectivity index (χ4v) is 2.97. The smallest absolute Gasteiger partial charge is 0.784 e. The predicted molar refractivity (Wildman–Crippen MR) is 109 cm³/mol. The molecule has 0 N–H and O–H groups in total. The van der Waals surface area contributed by atoms with Gasteiger partial charge in [0.2, 0.25) is 0 Å². The third-order valence-corrected chi connectivity index (χ3v) is 4.74. The number of carbonyl (C=O) groups excluding carboxylic acids is 2. The Labute approximate surface area is 226 Å². The van der Waals surface area contributed by atoms with E-state index in [1.54, 1.807) is 6.92 Å². The summed E-state index contributed by atoms with van der Waals surface area (Å²) in [6.45, 7) is 3.97. The van der Waals surface area contributed by atoms with Gasteiger partial charge in [0.15, 0.2) is 0 Å². The van der Waals surface area contributed by atoms with E-state index in [0.717, 1.165) is 19.1 Å². The van der Waals surface area contributed by atoms with E-state index in [2.05, 4.69) is 6.92 Å². The largest absolute Gasteiger partial charge is 1.00 e. The molecule has 0 aliphatic carbocycles. The third-order valence-electron chi connectivity index (χ3n) is 4.74. The van der Waals surface area contributed by atoms with Crippen molar-refractivity contribution in [2.45, 2.75) is 117 Å². The minimum Gasteiger partial charge on any atom is -0.784 e. The zero-order valence-electron chi connectivity index (χ0n) is 19.4. The Kier molecular flexibility index (Phi) is 41.1. The molecule has 0 rings (SSSR count). The van der Waals surface area contributed by atoms with Gasteiger partial charge in [-0.1, -0.05) is 96.8 Å². The first kappa shape index (κ1) is 37.7. The molecule has 0 amide bonds. The van der Waals surface area contributed by atoms with Crippen molar-refractivity contribution in [1.29, 1.82) is 0 Å². The molecule has 0 aromatic rings. The van der Waals surface area contributed by atoms with Crippen LogP contribution in [0.2, 0.25) is 0 Å². The van der Waals surface area contributed by atoms with Gasteiger partial charge in [-0.2, -0.15) is 0 Å². The number of hydrogen-bond acceptors (Lipinski definition) is 5. The van der Waals surface area contributed by atoms with Crippen molar-refractivity contribution in [2.75, 3.05) is 0 Å². The normalized spacial score (nSPS) is 10.9. The van der Waals surface area contributed by atoms with Gasteiger partial charge < -0.3 is 13.9 Å². The summed E-state index contributed by atoms with van der Waals surface area (Å²) in [6.07, 6.45) is 21.4. The first-order valence-electron chi connectivity index (χ1n) is 10.7. The Hall–Kier alpha value is 1.41. The second-order valence-electron chi connectivity index (χ2n) is 7.29. The first-order valence-corrected chi connectivity index (χ1v) is 11.7. The summed E-state index contributed by atoms with van der Waals surface area (Å²) in [5, 5.41) is 0. The van der Waals surface area contributed by atoms with Gasteiger partial charge in [-0.25, -0.2) is 0 Å². The Morgan fingerprint density at radius 2 is 1.03 bits per heavy atom. The Morgan fingerprint density at radius 1 is 0.759 bits per heavy atom.